The molecule has 1 aliphatic rings. The Morgan fingerprint density at radius 1 is 1.10 bits per heavy atom. The molecule has 1 amide bonds. The van der Waals surface area contributed by atoms with Gasteiger partial charge in [0.05, 0.1) is 13.7 Å². The van der Waals surface area contributed by atoms with Crippen LogP contribution in [-0.4, -0.2) is 56.6 Å². The van der Waals surface area contributed by atoms with Gasteiger partial charge in [-0.3, -0.25) is 9.79 Å². The van der Waals surface area contributed by atoms with Crippen LogP contribution < -0.4 is 20.7 Å². The van der Waals surface area contributed by atoms with Gasteiger partial charge in [0.1, 0.15) is 11.6 Å². The molecule has 0 unspecified atom stereocenters. The van der Waals surface area contributed by atoms with E-state index in [0.29, 0.717) is 26.1 Å². The van der Waals surface area contributed by atoms with Gasteiger partial charge >= 0.3 is 0 Å². The van der Waals surface area contributed by atoms with E-state index in [2.05, 4.69) is 15.2 Å². The van der Waals surface area contributed by atoms with Gasteiger partial charge in [-0.1, -0.05) is 0 Å². The number of anilines is 2. The summed E-state index contributed by atoms with van der Waals surface area (Å²) in [7, 11) is 1.61. The molecule has 3 rings (SSSR count). The number of nitrogens with zero attached hydrogens (tertiary/aromatic N) is 3. The summed E-state index contributed by atoms with van der Waals surface area (Å²) in [5, 5.41) is 2.99. The molecule has 162 valence electrons. The second kappa shape index (κ2) is 11.6. The van der Waals surface area contributed by atoms with Crippen molar-refractivity contribution in [3.05, 3.63) is 54.3 Å². The molecule has 30 heavy (non-hydrogen) atoms. The number of guanidine groups is 1. The number of nitrogens with two attached hydrogens (primary N) is 1. The summed E-state index contributed by atoms with van der Waals surface area (Å²) in [4.78, 5) is 20.6. The summed E-state index contributed by atoms with van der Waals surface area (Å²) in [5.74, 6) is 0.842. The summed E-state index contributed by atoms with van der Waals surface area (Å²) in [6.45, 7) is 3.05. The molecule has 0 atom stereocenters. The van der Waals surface area contributed by atoms with Gasteiger partial charge in [-0.2, -0.15) is 0 Å². The quantitative estimate of drug-likeness (QED) is 0.343. The number of halogens is 2. The third kappa shape index (κ3) is 6.75. The molecule has 0 aliphatic carbocycles. The monoisotopic (exact) mass is 527 g/mol. The third-order valence-corrected chi connectivity index (χ3v) is 4.79. The van der Waals surface area contributed by atoms with Crippen LogP contribution in [0.5, 0.6) is 5.75 Å². The molecule has 0 aromatic heterocycles. The van der Waals surface area contributed by atoms with Crippen molar-refractivity contribution in [1.82, 2.24) is 4.90 Å². The van der Waals surface area contributed by atoms with Crippen LogP contribution in [0.25, 0.3) is 0 Å². The standard InChI is InChI=1S/C21H26FN5O2.HI/c1-29-19-8-4-17(5-9-19)25-21(23)24-11-10-20(28)27-14-12-26(13-15-27)18-6-2-16(22)3-7-18;/h2-9H,10-15H2,1H3,(H3,23,24,25);1H. The van der Waals surface area contributed by atoms with Gasteiger partial charge in [-0.05, 0) is 48.5 Å². The summed E-state index contributed by atoms with van der Waals surface area (Å²) in [5.41, 5.74) is 7.66. The zero-order valence-corrected chi connectivity index (χ0v) is 19.2. The molecule has 0 bridgehead atoms. The molecular formula is C21H27FIN5O2. The lowest BCUT2D eigenvalue weighted by atomic mass is 10.2. The molecule has 1 saturated heterocycles. The molecular weight excluding hydrogens is 500 g/mol. The molecule has 1 aliphatic heterocycles. The molecule has 0 saturated carbocycles. The van der Waals surface area contributed by atoms with Crippen molar-refractivity contribution >= 4 is 47.2 Å². The Balaban J connectivity index is 0.00000320. The van der Waals surface area contributed by atoms with Crippen molar-refractivity contribution in [2.45, 2.75) is 6.42 Å². The lowest BCUT2D eigenvalue weighted by Crippen LogP contribution is -2.48. The number of rotatable bonds is 6. The van der Waals surface area contributed by atoms with Crippen molar-refractivity contribution < 1.29 is 13.9 Å². The van der Waals surface area contributed by atoms with Gasteiger partial charge < -0.3 is 25.6 Å². The molecule has 9 heteroatoms. The van der Waals surface area contributed by atoms with Crippen LogP contribution in [-0.2, 0) is 4.79 Å². The highest BCUT2D eigenvalue weighted by Gasteiger charge is 2.20. The minimum atomic E-state index is -0.246. The fraction of sp³-hybridized carbons (Fsp3) is 0.333. The molecule has 1 heterocycles. The van der Waals surface area contributed by atoms with E-state index < -0.39 is 0 Å². The van der Waals surface area contributed by atoms with Crippen LogP contribution in [0.15, 0.2) is 53.5 Å². The van der Waals surface area contributed by atoms with Gasteiger partial charge in [-0.15, -0.1) is 24.0 Å². The van der Waals surface area contributed by atoms with Crippen LogP contribution in [0, 0.1) is 5.82 Å². The maximum absolute atomic E-state index is 13.0. The number of ether oxygens (including phenoxy) is 1. The summed E-state index contributed by atoms with van der Waals surface area (Å²) >= 11 is 0. The predicted molar refractivity (Wildman–Crippen MR) is 128 cm³/mol. The van der Waals surface area contributed by atoms with Crippen molar-refractivity contribution in [2.75, 3.05) is 50.1 Å². The summed E-state index contributed by atoms with van der Waals surface area (Å²) in [6.07, 6.45) is 0.307. The Labute approximate surface area is 193 Å². The molecule has 2 aromatic rings. The lowest BCUT2D eigenvalue weighted by Gasteiger charge is -2.36. The van der Waals surface area contributed by atoms with Crippen molar-refractivity contribution in [1.29, 1.82) is 0 Å². The third-order valence-electron chi connectivity index (χ3n) is 4.79. The predicted octanol–water partition coefficient (Wildman–Crippen LogP) is 2.92. The first-order valence-electron chi connectivity index (χ1n) is 9.54. The summed E-state index contributed by atoms with van der Waals surface area (Å²) < 4.78 is 18.2. The Kier molecular flexibility index (Phi) is 9.15. The molecule has 1 fully saturated rings. The topological polar surface area (TPSA) is 83.2 Å². The SMILES string of the molecule is COc1ccc(NC(N)=NCCC(=O)N2CCN(c3ccc(F)cc3)CC2)cc1.I. The first-order valence-corrected chi connectivity index (χ1v) is 9.54. The van der Waals surface area contributed by atoms with Crippen molar-refractivity contribution in [3.63, 3.8) is 0 Å². The average Bonchev–Trinajstić information content (AvgIpc) is 2.75. The van der Waals surface area contributed by atoms with Gasteiger partial charge in [0.2, 0.25) is 5.91 Å². The lowest BCUT2D eigenvalue weighted by molar-refractivity contribution is -0.131. The largest absolute Gasteiger partial charge is 0.497 e. The number of carbonyl (C=O) groups is 1. The normalized spacial score (nSPS) is 14.1. The Morgan fingerprint density at radius 2 is 1.73 bits per heavy atom. The van der Waals surface area contributed by atoms with Crippen LogP contribution >= 0.6 is 24.0 Å². The second-order valence-corrected chi connectivity index (χ2v) is 6.71. The van der Waals surface area contributed by atoms with Crippen LogP contribution in [0.4, 0.5) is 15.8 Å². The Morgan fingerprint density at radius 3 is 2.33 bits per heavy atom. The van der Waals surface area contributed by atoms with Crippen LogP contribution in [0.2, 0.25) is 0 Å². The van der Waals surface area contributed by atoms with E-state index in [1.807, 2.05) is 29.2 Å². The number of hydrogen-bond donors (Lipinski definition) is 2. The zero-order valence-electron chi connectivity index (χ0n) is 16.9. The molecule has 3 N–H and O–H groups in total. The van der Waals surface area contributed by atoms with E-state index in [1.54, 1.807) is 19.2 Å². The number of amides is 1. The summed E-state index contributed by atoms with van der Waals surface area (Å²) in [6, 6.07) is 13.8. The number of nitrogens with one attached hydrogen (secondary N) is 1. The smallest absolute Gasteiger partial charge is 0.224 e. The fourth-order valence-electron chi connectivity index (χ4n) is 3.16. The Bertz CT molecular complexity index is 837. The number of aliphatic imine (C=N–C) groups is 1. The van der Waals surface area contributed by atoms with E-state index in [9.17, 15) is 9.18 Å². The average molecular weight is 527 g/mol. The number of methoxy groups -OCH3 is 1. The molecule has 0 radical (unpaired) electrons. The molecule has 0 spiro atoms. The van der Waals surface area contributed by atoms with Crippen molar-refractivity contribution in [3.8, 4) is 5.75 Å². The second-order valence-electron chi connectivity index (χ2n) is 6.71. The first kappa shape index (κ1) is 23.7. The highest BCUT2D eigenvalue weighted by atomic mass is 127. The van der Waals surface area contributed by atoms with Crippen molar-refractivity contribution in [2.24, 2.45) is 10.7 Å². The zero-order chi connectivity index (χ0) is 20.6. The minimum Gasteiger partial charge on any atom is -0.497 e. The van der Waals surface area contributed by atoms with Crippen LogP contribution in [0.3, 0.4) is 0 Å². The van der Waals surface area contributed by atoms with E-state index in [4.69, 9.17) is 10.5 Å². The molecule has 2 aromatic carbocycles. The number of piperazine rings is 1. The maximum atomic E-state index is 13.0. The first-order chi connectivity index (χ1) is 14.0. The van der Waals surface area contributed by atoms with Gasteiger partial charge in [-0.25, -0.2) is 4.39 Å². The van der Waals surface area contributed by atoms with E-state index in [-0.39, 0.29) is 41.7 Å². The van der Waals surface area contributed by atoms with E-state index >= 15 is 0 Å². The van der Waals surface area contributed by atoms with Crippen LogP contribution in [0.1, 0.15) is 6.42 Å². The highest BCUT2D eigenvalue weighted by Crippen LogP contribution is 2.17. The Hall–Kier alpha value is -2.56. The molecule has 7 nitrogen and oxygen atoms in total. The highest BCUT2D eigenvalue weighted by molar-refractivity contribution is 14.0. The minimum absolute atomic E-state index is 0. The number of benzene rings is 2. The van der Waals surface area contributed by atoms with E-state index in [1.165, 1.54) is 12.1 Å². The van der Waals surface area contributed by atoms with Gasteiger partial charge in [0.25, 0.3) is 0 Å². The van der Waals surface area contributed by atoms with Gasteiger partial charge in [0.15, 0.2) is 5.96 Å². The van der Waals surface area contributed by atoms with E-state index in [0.717, 1.165) is 30.2 Å². The number of carbonyl (C=O) groups excluding carboxylic acids is 1. The fourth-order valence-corrected chi connectivity index (χ4v) is 3.16. The maximum Gasteiger partial charge on any atom is 0.224 e. The number of hydrogen-bond acceptors (Lipinski definition) is 4. The van der Waals surface area contributed by atoms with Gasteiger partial charge in [0, 0.05) is 44.0 Å².